The number of sulfonamides is 1. The van der Waals surface area contributed by atoms with E-state index in [9.17, 15) is 13.2 Å². The van der Waals surface area contributed by atoms with Crippen LogP contribution in [-0.4, -0.2) is 71.5 Å². The van der Waals surface area contributed by atoms with Crippen molar-refractivity contribution >= 4 is 16.1 Å². The van der Waals surface area contributed by atoms with Gasteiger partial charge in [-0.25, -0.2) is 27.5 Å². The van der Waals surface area contributed by atoms with Crippen LogP contribution in [0.3, 0.4) is 0 Å². The second kappa shape index (κ2) is 11.7. The van der Waals surface area contributed by atoms with E-state index in [1.54, 1.807) is 25.4 Å². The Hall–Kier alpha value is -2.22. The lowest BCUT2D eigenvalue weighted by Crippen LogP contribution is -2.47. The summed E-state index contributed by atoms with van der Waals surface area (Å²) in [6.45, 7) is 2.82. The number of aromatic nitrogens is 2. The van der Waals surface area contributed by atoms with Crippen molar-refractivity contribution in [3.63, 3.8) is 0 Å². The standard InChI is InChI=1S/C19H28N4O5S/c1-2-3-14-28-17-8-12-23(13-9-17)29(26,27)15-16(22-19(24)25)6-4-7-18-20-10-5-11-21-18/h5,10-11,16-17,22H,4,6-9,12-15H2,1H3,(H,24,25). The molecule has 0 spiro atoms. The fourth-order valence-corrected chi connectivity index (χ4v) is 4.94. The predicted octanol–water partition coefficient (Wildman–Crippen LogP) is 1.27. The molecule has 10 heteroatoms. The van der Waals surface area contributed by atoms with Crippen LogP contribution < -0.4 is 5.32 Å². The van der Waals surface area contributed by atoms with Crippen LogP contribution >= 0.6 is 0 Å². The first-order chi connectivity index (χ1) is 13.9. The van der Waals surface area contributed by atoms with Crippen LogP contribution in [0.5, 0.6) is 0 Å². The van der Waals surface area contributed by atoms with Gasteiger partial charge < -0.3 is 15.2 Å². The number of nitrogens with one attached hydrogen (secondary N) is 1. The van der Waals surface area contributed by atoms with Gasteiger partial charge in [-0.3, -0.25) is 0 Å². The minimum absolute atomic E-state index is 0.00103. The highest BCUT2D eigenvalue weighted by atomic mass is 32.2. The summed E-state index contributed by atoms with van der Waals surface area (Å²) in [5, 5.41) is 11.4. The molecule has 1 saturated heterocycles. The number of carboxylic acid groups (broad SMARTS) is 1. The van der Waals surface area contributed by atoms with E-state index in [1.165, 1.54) is 4.31 Å². The van der Waals surface area contributed by atoms with Gasteiger partial charge in [0.05, 0.1) is 11.9 Å². The molecule has 2 rings (SSSR count). The predicted molar refractivity (Wildman–Crippen MR) is 108 cm³/mol. The Balaban J connectivity index is 1.86. The van der Waals surface area contributed by atoms with E-state index in [0.717, 1.165) is 0 Å². The highest BCUT2D eigenvalue weighted by Gasteiger charge is 2.31. The minimum Gasteiger partial charge on any atom is -0.465 e. The van der Waals surface area contributed by atoms with Gasteiger partial charge in [-0.2, -0.15) is 0 Å². The van der Waals surface area contributed by atoms with E-state index in [2.05, 4.69) is 27.1 Å². The lowest BCUT2D eigenvalue weighted by molar-refractivity contribution is 0.0409. The largest absolute Gasteiger partial charge is 0.465 e. The fraction of sp³-hybridized carbons (Fsp3) is 0.632. The molecular weight excluding hydrogens is 396 g/mol. The zero-order valence-electron chi connectivity index (χ0n) is 16.6. The summed E-state index contributed by atoms with van der Waals surface area (Å²) in [5.74, 6) is 5.99. The van der Waals surface area contributed by atoms with Crippen LogP contribution in [0, 0.1) is 11.8 Å². The molecule has 1 aliphatic rings. The summed E-state index contributed by atoms with van der Waals surface area (Å²) in [6, 6.07) is 1.03. The van der Waals surface area contributed by atoms with E-state index in [1.807, 2.05) is 0 Å². The number of amides is 1. The summed E-state index contributed by atoms with van der Waals surface area (Å²) in [4.78, 5) is 19.3. The van der Waals surface area contributed by atoms with Crippen LogP contribution in [0.4, 0.5) is 4.79 Å². The quantitative estimate of drug-likeness (QED) is 0.542. The van der Waals surface area contributed by atoms with Crippen LogP contribution in [0.25, 0.3) is 0 Å². The van der Waals surface area contributed by atoms with Crippen molar-refractivity contribution in [2.75, 3.05) is 25.4 Å². The number of nitrogens with zero attached hydrogens (tertiary/aromatic N) is 3. The third kappa shape index (κ3) is 8.35. The van der Waals surface area contributed by atoms with Gasteiger partial charge in [0.15, 0.2) is 0 Å². The molecule has 160 valence electrons. The zero-order chi connectivity index (χ0) is 21.1. The van der Waals surface area contributed by atoms with Gasteiger partial charge in [-0.15, -0.1) is 5.92 Å². The molecule has 1 fully saturated rings. The van der Waals surface area contributed by atoms with Crippen molar-refractivity contribution in [2.45, 2.75) is 51.2 Å². The molecule has 1 atom stereocenters. The van der Waals surface area contributed by atoms with Crippen LogP contribution in [0.1, 0.15) is 38.4 Å². The molecule has 2 N–H and O–H groups in total. The molecule has 2 heterocycles. The summed E-state index contributed by atoms with van der Waals surface area (Å²) >= 11 is 0. The van der Waals surface area contributed by atoms with E-state index in [4.69, 9.17) is 9.84 Å². The average molecular weight is 425 g/mol. The molecule has 29 heavy (non-hydrogen) atoms. The Morgan fingerprint density at radius 3 is 2.69 bits per heavy atom. The molecule has 1 aromatic heterocycles. The average Bonchev–Trinajstić information content (AvgIpc) is 2.68. The van der Waals surface area contributed by atoms with Crippen LogP contribution in [-0.2, 0) is 21.2 Å². The Morgan fingerprint density at radius 2 is 2.07 bits per heavy atom. The Morgan fingerprint density at radius 1 is 1.38 bits per heavy atom. The van der Waals surface area contributed by atoms with Crippen LogP contribution in [0.2, 0.25) is 0 Å². The summed E-state index contributed by atoms with van der Waals surface area (Å²) in [7, 11) is -3.58. The van der Waals surface area contributed by atoms with E-state index in [0.29, 0.717) is 57.6 Å². The third-order valence-corrected chi connectivity index (χ3v) is 6.65. The molecule has 0 saturated carbocycles. The summed E-state index contributed by atoms with van der Waals surface area (Å²) in [5.41, 5.74) is 0. The molecule has 0 bridgehead atoms. The molecule has 1 aromatic rings. The highest BCUT2D eigenvalue weighted by Crippen LogP contribution is 2.18. The number of hydrogen-bond donors (Lipinski definition) is 2. The van der Waals surface area contributed by atoms with Gasteiger partial charge in [-0.1, -0.05) is 5.92 Å². The maximum atomic E-state index is 12.8. The zero-order valence-corrected chi connectivity index (χ0v) is 17.4. The topological polar surface area (TPSA) is 122 Å². The highest BCUT2D eigenvalue weighted by molar-refractivity contribution is 7.89. The third-order valence-electron chi connectivity index (χ3n) is 4.67. The van der Waals surface area contributed by atoms with Gasteiger partial charge >= 0.3 is 6.09 Å². The van der Waals surface area contributed by atoms with Crippen LogP contribution in [0.15, 0.2) is 18.5 Å². The Bertz CT molecular complexity index is 799. The lowest BCUT2D eigenvalue weighted by atomic mass is 10.1. The molecular formula is C19H28N4O5S. The number of hydrogen-bond acceptors (Lipinski definition) is 6. The van der Waals surface area contributed by atoms with E-state index in [-0.39, 0.29) is 11.9 Å². The number of piperidine rings is 1. The second-order valence-electron chi connectivity index (χ2n) is 6.82. The molecule has 1 unspecified atom stereocenters. The first kappa shape index (κ1) is 23.1. The maximum absolute atomic E-state index is 12.8. The molecule has 1 aliphatic heterocycles. The molecule has 0 aliphatic carbocycles. The van der Waals surface area contributed by atoms with Gasteiger partial charge in [0.25, 0.3) is 0 Å². The number of ether oxygens (including phenoxy) is 1. The first-order valence-corrected chi connectivity index (χ1v) is 11.3. The molecule has 9 nitrogen and oxygen atoms in total. The van der Waals surface area contributed by atoms with Crippen molar-refractivity contribution in [3.05, 3.63) is 24.3 Å². The first-order valence-electron chi connectivity index (χ1n) is 9.65. The smallest absolute Gasteiger partial charge is 0.404 e. The maximum Gasteiger partial charge on any atom is 0.404 e. The normalized spacial score (nSPS) is 16.6. The van der Waals surface area contributed by atoms with Crippen molar-refractivity contribution in [1.29, 1.82) is 0 Å². The molecule has 0 aromatic carbocycles. The van der Waals surface area contributed by atoms with E-state index >= 15 is 0 Å². The summed E-state index contributed by atoms with van der Waals surface area (Å²) in [6.07, 6.45) is 4.79. The Labute approximate surface area is 171 Å². The second-order valence-corrected chi connectivity index (χ2v) is 8.83. The van der Waals surface area contributed by atoms with E-state index < -0.39 is 22.2 Å². The lowest BCUT2D eigenvalue weighted by Gasteiger charge is -2.32. The molecule has 0 radical (unpaired) electrons. The van der Waals surface area contributed by atoms with Crippen molar-refractivity contribution in [2.24, 2.45) is 0 Å². The van der Waals surface area contributed by atoms with Gasteiger partial charge in [-0.05, 0) is 38.7 Å². The van der Waals surface area contributed by atoms with Crippen molar-refractivity contribution < 1.29 is 23.1 Å². The number of carbonyl (C=O) groups is 1. The minimum atomic E-state index is -3.58. The fourth-order valence-electron chi connectivity index (χ4n) is 3.21. The number of rotatable bonds is 10. The number of aryl methyl sites for hydroxylation is 1. The monoisotopic (exact) mass is 424 g/mol. The van der Waals surface area contributed by atoms with Gasteiger partial charge in [0.1, 0.15) is 12.4 Å². The molecule has 1 amide bonds. The van der Waals surface area contributed by atoms with Gasteiger partial charge in [0.2, 0.25) is 10.0 Å². The van der Waals surface area contributed by atoms with Crippen molar-refractivity contribution in [3.8, 4) is 11.8 Å². The van der Waals surface area contributed by atoms with Crippen molar-refractivity contribution in [1.82, 2.24) is 19.6 Å². The SMILES string of the molecule is CC#CCOC1CCN(S(=O)(=O)CC(CCCc2ncccn2)NC(=O)O)CC1. The Kier molecular flexibility index (Phi) is 9.31. The van der Waals surface area contributed by atoms with Gasteiger partial charge in [0, 0.05) is 37.9 Å². The summed E-state index contributed by atoms with van der Waals surface area (Å²) < 4.78 is 32.6.